The van der Waals surface area contributed by atoms with Gasteiger partial charge in [0, 0.05) is 0 Å². The molecule has 0 aromatic heterocycles. The van der Waals surface area contributed by atoms with E-state index in [1.54, 1.807) is 0 Å². The van der Waals surface area contributed by atoms with Gasteiger partial charge in [0.2, 0.25) is 0 Å². The zero-order chi connectivity index (χ0) is 4.99. The molecular formula is C5H9I. The van der Waals surface area contributed by atoms with Crippen LogP contribution in [0.2, 0.25) is 0 Å². The molecule has 0 bridgehead atoms. The van der Waals surface area contributed by atoms with E-state index in [0.717, 1.165) is 0 Å². The van der Waals surface area contributed by atoms with Gasteiger partial charge in [-0.05, 0) is 39.5 Å². The van der Waals surface area contributed by atoms with Gasteiger partial charge in [-0.3, -0.25) is 0 Å². The highest BCUT2D eigenvalue weighted by Gasteiger charge is 1.75. The fourth-order valence-electron chi connectivity index (χ4n) is 0.204. The summed E-state index contributed by atoms with van der Waals surface area (Å²) in [5.41, 5.74) is 0. The van der Waals surface area contributed by atoms with Gasteiger partial charge in [-0.2, -0.15) is 0 Å². The molecule has 36 valence electrons. The molecule has 0 aliphatic heterocycles. The lowest BCUT2D eigenvalue weighted by Crippen LogP contribution is -1.57. The summed E-state index contributed by atoms with van der Waals surface area (Å²) in [6.07, 6.45) is 3.30. The molecule has 0 spiro atoms. The largest absolute Gasteiger partial charge is 0.0784 e. The van der Waals surface area contributed by atoms with E-state index in [1.807, 2.05) is 0 Å². The van der Waals surface area contributed by atoms with E-state index >= 15 is 0 Å². The van der Waals surface area contributed by atoms with E-state index in [2.05, 4.69) is 42.5 Å². The van der Waals surface area contributed by atoms with E-state index in [9.17, 15) is 0 Å². The molecule has 0 fully saturated rings. The van der Waals surface area contributed by atoms with Crippen LogP contribution in [0.25, 0.3) is 0 Å². The van der Waals surface area contributed by atoms with Crippen molar-refractivity contribution < 1.29 is 0 Å². The monoisotopic (exact) mass is 196 g/mol. The second-order valence-corrected chi connectivity index (χ2v) is 2.47. The smallest absolute Gasteiger partial charge is 0.0139 e. The predicted octanol–water partition coefficient (Wildman–Crippen LogP) is 2.74. The minimum atomic E-state index is 1.18. The highest BCUT2D eigenvalue weighted by Crippen LogP contribution is 2.07. The van der Waals surface area contributed by atoms with Gasteiger partial charge >= 0.3 is 0 Å². The van der Waals surface area contributed by atoms with Crippen molar-refractivity contribution in [3.05, 3.63) is 9.66 Å². The van der Waals surface area contributed by atoms with Crippen molar-refractivity contribution in [2.45, 2.75) is 20.3 Å². The second kappa shape index (κ2) is 3.65. The molecule has 0 N–H and O–H groups in total. The minimum absolute atomic E-state index is 1.18. The number of rotatable bonds is 1. The van der Waals surface area contributed by atoms with E-state index in [0.29, 0.717) is 0 Å². The van der Waals surface area contributed by atoms with E-state index in [4.69, 9.17) is 0 Å². The summed E-state index contributed by atoms with van der Waals surface area (Å²) in [6, 6.07) is 0. The zero-order valence-corrected chi connectivity index (χ0v) is 6.32. The van der Waals surface area contributed by atoms with E-state index in [1.165, 1.54) is 10.0 Å². The Kier molecular flexibility index (Phi) is 3.94. The van der Waals surface area contributed by atoms with Crippen LogP contribution in [0.3, 0.4) is 0 Å². The molecule has 0 aliphatic carbocycles. The molecule has 0 aromatic carbocycles. The number of allylic oxidation sites excluding steroid dienone is 2. The summed E-state index contributed by atoms with van der Waals surface area (Å²) >= 11 is 2.33. The lowest BCUT2D eigenvalue weighted by Gasteiger charge is -1.82. The van der Waals surface area contributed by atoms with Crippen LogP contribution in [0.4, 0.5) is 0 Å². The van der Waals surface area contributed by atoms with Crippen molar-refractivity contribution in [1.82, 2.24) is 0 Å². The molecule has 0 rings (SSSR count). The minimum Gasteiger partial charge on any atom is -0.0784 e. The Morgan fingerprint density at radius 1 is 1.83 bits per heavy atom. The van der Waals surface area contributed by atoms with Crippen LogP contribution in [0, 0.1) is 0 Å². The zero-order valence-electron chi connectivity index (χ0n) is 4.16. The quantitative estimate of drug-likeness (QED) is 0.565. The fraction of sp³-hybridized carbons (Fsp3) is 0.600. The van der Waals surface area contributed by atoms with Gasteiger partial charge in [-0.25, -0.2) is 0 Å². The van der Waals surface area contributed by atoms with Crippen LogP contribution in [0.1, 0.15) is 20.3 Å². The molecule has 0 saturated carbocycles. The lowest BCUT2D eigenvalue weighted by atomic mass is 10.4. The highest BCUT2D eigenvalue weighted by atomic mass is 127. The molecule has 6 heavy (non-hydrogen) atoms. The normalized spacial score (nSPS) is 12.2. The Morgan fingerprint density at radius 3 is 2.33 bits per heavy atom. The average Bonchev–Trinajstić information content (AvgIpc) is 1.65. The van der Waals surface area contributed by atoms with Crippen LogP contribution in [0.5, 0.6) is 0 Å². The standard InChI is InChI=1S/C5H9I/c1-3-5(6)4-2/h3H,4H2,1-2H3. The van der Waals surface area contributed by atoms with E-state index < -0.39 is 0 Å². The summed E-state index contributed by atoms with van der Waals surface area (Å²) < 4.78 is 1.44. The molecular weight excluding hydrogens is 187 g/mol. The SMILES string of the molecule is CC=C(I)CC. The number of hydrogen-bond acceptors (Lipinski definition) is 0. The number of hydrogen-bond donors (Lipinski definition) is 0. The van der Waals surface area contributed by atoms with Crippen LogP contribution >= 0.6 is 22.6 Å². The third kappa shape index (κ3) is 2.69. The highest BCUT2D eigenvalue weighted by molar-refractivity contribution is 14.1. The van der Waals surface area contributed by atoms with Crippen LogP contribution in [0.15, 0.2) is 9.66 Å². The molecule has 0 amide bonds. The first-order valence-electron chi connectivity index (χ1n) is 2.12. The van der Waals surface area contributed by atoms with Crippen molar-refractivity contribution in [2.75, 3.05) is 0 Å². The third-order valence-electron chi connectivity index (χ3n) is 0.651. The van der Waals surface area contributed by atoms with Crippen molar-refractivity contribution in [3.63, 3.8) is 0 Å². The summed E-state index contributed by atoms with van der Waals surface area (Å²) in [7, 11) is 0. The molecule has 0 aliphatic rings. The lowest BCUT2D eigenvalue weighted by molar-refractivity contribution is 1.21. The fourth-order valence-corrected chi connectivity index (χ4v) is 0.204. The molecule has 0 saturated heterocycles. The summed E-state index contributed by atoms with van der Waals surface area (Å²) in [6.45, 7) is 4.22. The Morgan fingerprint density at radius 2 is 2.33 bits per heavy atom. The molecule has 0 heterocycles. The van der Waals surface area contributed by atoms with Crippen LogP contribution in [-0.4, -0.2) is 0 Å². The third-order valence-corrected chi connectivity index (χ3v) is 2.04. The van der Waals surface area contributed by atoms with Gasteiger partial charge in [0.05, 0.1) is 0 Å². The second-order valence-electron chi connectivity index (χ2n) is 1.09. The van der Waals surface area contributed by atoms with Gasteiger partial charge in [0.1, 0.15) is 0 Å². The van der Waals surface area contributed by atoms with Gasteiger partial charge in [0.25, 0.3) is 0 Å². The predicted molar refractivity (Wildman–Crippen MR) is 38.1 cm³/mol. The maximum atomic E-state index is 2.33. The first-order valence-corrected chi connectivity index (χ1v) is 3.19. The van der Waals surface area contributed by atoms with Gasteiger partial charge in [-0.1, -0.05) is 13.0 Å². The summed E-state index contributed by atoms with van der Waals surface area (Å²) in [4.78, 5) is 0. The Balaban J connectivity index is 3.22. The Labute approximate surface area is 52.8 Å². The first-order chi connectivity index (χ1) is 2.81. The van der Waals surface area contributed by atoms with Crippen molar-refractivity contribution >= 4 is 22.6 Å². The molecule has 1 heteroatoms. The molecule has 0 aromatic rings. The number of halogens is 1. The summed E-state index contributed by atoms with van der Waals surface area (Å²) in [5, 5.41) is 0. The average molecular weight is 196 g/mol. The van der Waals surface area contributed by atoms with Crippen molar-refractivity contribution in [3.8, 4) is 0 Å². The topological polar surface area (TPSA) is 0 Å². The molecule has 0 nitrogen and oxygen atoms in total. The van der Waals surface area contributed by atoms with Gasteiger partial charge < -0.3 is 0 Å². The molecule has 0 unspecified atom stereocenters. The maximum Gasteiger partial charge on any atom is -0.0139 e. The summed E-state index contributed by atoms with van der Waals surface area (Å²) in [5.74, 6) is 0. The molecule has 0 radical (unpaired) electrons. The van der Waals surface area contributed by atoms with Gasteiger partial charge in [0.15, 0.2) is 0 Å². The Hall–Kier alpha value is 0.470. The van der Waals surface area contributed by atoms with Crippen LogP contribution in [-0.2, 0) is 0 Å². The van der Waals surface area contributed by atoms with Gasteiger partial charge in [-0.15, -0.1) is 0 Å². The van der Waals surface area contributed by atoms with E-state index in [-0.39, 0.29) is 0 Å². The van der Waals surface area contributed by atoms with Crippen molar-refractivity contribution in [2.24, 2.45) is 0 Å². The molecule has 0 atom stereocenters. The van der Waals surface area contributed by atoms with Crippen LogP contribution < -0.4 is 0 Å². The first kappa shape index (κ1) is 6.47. The van der Waals surface area contributed by atoms with Crippen molar-refractivity contribution in [1.29, 1.82) is 0 Å². The Bertz CT molecular complexity index is 55.0. The maximum absolute atomic E-state index is 2.33.